The monoisotopic (exact) mass is 283 g/mol. The van der Waals surface area contributed by atoms with E-state index in [4.69, 9.17) is 0 Å². The molecule has 4 unspecified atom stereocenters. The molecule has 1 N–H and O–H groups in total. The van der Waals surface area contributed by atoms with Crippen molar-refractivity contribution in [2.45, 2.75) is 78.3 Å². The van der Waals surface area contributed by atoms with E-state index in [0.29, 0.717) is 6.42 Å². The van der Waals surface area contributed by atoms with Crippen molar-refractivity contribution in [3.05, 3.63) is 0 Å². The molecular weight excluding hydrogens is 254 g/mol. The van der Waals surface area contributed by atoms with Crippen molar-refractivity contribution in [2.24, 2.45) is 11.8 Å². The van der Waals surface area contributed by atoms with Gasteiger partial charge in [0, 0.05) is 18.5 Å². The third kappa shape index (κ3) is 3.97. The lowest BCUT2D eigenvalue weighted by atomic mass is 9.80. The van der Waals surface area contributed by atoms with Crippen LogP contribution in [0.4, 0.5) is 0 Å². The average molecular weight is 283 g/mol. The molecule has 1 rings (SSSR count). The van der Waals surface area contributed by atoms with Gasteiger partial charge in [-0.15, -0.1) is 0 Å². The number of piperidine rings is 1. The van der Waals surface area contributed by atoms with Gasteiger partial charge in [0.2, 0.25) is 5.91 Å². The molecule has 20 heavy (non-hydrogen) atoms. The van der Waals surface area contributed by atoms with Crippen LogP contribution in [0.1, 0.15) is 66.2 Å². The topological polar surface area (TPSA) is 57.6 Å². The van der Waals surface area contributed by atoms with E-state index in [1.54, 1.807) is 0 Å². The molecule has 4 heteroatoms. The molecule has 0 aliphatic carbocycles. The minimum absolute atomic E-state index is 0.0708. The number of likely N-dealkylation sites (tertiary alicyclic amines) is 1. The third-order valence-electron chi connectivity index (χ3n) is 4.59. The van der Waals surface area contributed by atoms with Crippen LogP contribution >= 0.6 is 0 Å². The van der Waals surface area contributed by atoms with E-state index in [1.165, 1.54) is 19.3 Å². The summed E-state index contributed by atoms with van der Waals surface area (Å²) in [5, 5.41) is 9.37. The lowest BCUT2D eigenvalue weighted by molar-refractivity contribution is -0.156. The van der Waals surface area contributed by atoms with Crippen molar-refractivity contribution < 1.29 is 14.7 Å². The van der Waals surface area contributed by atoms with Crippen LogP contribution < -0.4 is 0 Å². The third-order valence-corrected chi connectivity index (χ3v) is 4.59. The SMILES string of the molecule is CCCCCCC(C)N1C(=O)CC(C)C(C(=O)O)C1C. The predicted octanol–water partition coefficient (Wildman–Crippen LogP) is 3.30. The van der Waals surface area contributed by atoms with E-state index in [2.05, 4.69) is 13.8 Å². The quantitative estimate of drug-likeness (QED) is 0.729. The summed E-state index contributed by atoms with van der Waals surface area (Å²) >= 11 is 0. The van der Waals surface area contributed by atoms with Crippen molar-refractivity contribution >= 4 is 11.9 Å². The van der Waals surface area contributed by atoms with Crippen LogP contribution in [0.25, 0.3) is 0 Å². The second kappa shape index (κ2) is 7.65. The Morgan fingerprint density at radius 1 is 1.35 bits per heavy atom. The number of carbonyl (C=O) groups is 2. The smallest absolute Gasteiger partial charge is 0.308 e. The molecule has 4 nitrogen and oxygen atoms in total. The van der Waals surface area contributed by atoms with Crippen LogP contribution in [-0.2, 0) is 9.59 Å². The summed E-state index contributed by atoms with van der Waals surface area (Å²) < 4.78 is 0. The second-order valence-electron chi connectivity index (χ2n) is 6.29. The predicted molar refractivity (Wildman–Crippen MR) is 79.4 cm³/mol. The summed E-state index contributed by atoms with van der Waals surface area (Å²) in [4.78, 5) is 25.5. The maximum atomic E-state index is 12.2. The number of hydrogen-bond donors (Lipinski definition) is 1. The molecule has 0 spiro atoms. The Kier molecular flexibility index (Phi) is 6.50. The Labute approximate surface area is 122 Å². The second-order valence-corrected chi connectivity index (χ2v) is 6.29. The number of amides is 1. The normalized spacial score (nSPS) is 28.5. The maximum Gasteiger partial charge on any atom is 0.308 e. The van der Waals surface area contributed by atoms with Crippen LogP contribution in [0.5, 0.6) is 0 Å². The van der Waals surface area contributed by atoms with Gasteiger partial charge in [0.1, 0.15) is 0 Å². The molecule has 1 fully saturated rings. The highest BCUT2D eigenvalue weighted by molar-refractivity contribution is 5.82. The lowest BCUT2D eigenvalue weighted by Crippen LogP contribution is -2.55. The van der Waals surface area contributed by atoms with Gasteiger partial charge in [-0.1, -0.05) is 39.5 Å². The van der Waals surface area contributed by atoms with Gasteiger partial charge >= 0.3 is 5.97 Å². The van der Waals surface area contributed by atoms with Gasteiger partial charge in [0.25, 0.3) is 0 Å². The van der Waals surface area contributed by atoms with E-state index < -0.39 is 11.9 Å². The molecule has 0 saturated carbocycles. The summed E-state index contributed by atoms with van der Waals surface area (Å²) in [6.07, 6.45) is 6.06. The molecule has 116 valence electrons. The molecule has 4 atom stereocenters. The average Bonchev–Trinajstić information content (AvgIpc) is 2.33. The summed E-state index contributed by atoms with van der Waals surface area (Å²) in [5.41, 5.74) is 0. The lowest BCUT2D eigenvalue weighted by Gasteiger charge is -2.44. The number of nitrogens with zero attached hydrogens (tertiary/aromatic N) is 1. The maximum absolute atomic E-state index is 12.2. The molecule has 0 aromatic rings. The van der Waals surface area contributed by atoms with Crippen molar-refractivity contribution in [3.63, 3.8) is 0 Å². The zero-order valence-corrected chi connectivity index (χ0v) is 13.3. The van der Waals surface area contributed by atoms with E-state index in [9.17, 15) is 14.7 Å². The first-order valence-corrected chi connectivity index (χ1v) is 7.94. The van der Waals surface area contributed by atoms with E-state index in [1.807, 2.05) is 18.7 Å². The summed E-state index contributed by atoms with van der Waals surface area (Å²) in [7, 11) is 0. The Morgan fingerprint density at radius 3 is 2.55 bits per heavy atom. The number of carboxylic acid groups (broad SMARTS) is 1. The highest BCUT2D eigenvalue weighted by Crippen LogP contribution is 2.32. The van der Waals surface area contributed by atoms with E-state index >= 15 is 0 Å². The van der Waals surface area contributed by atoms with E-state index in [-0.39, 0.29) is 23.9 Å². The summed E-state index contributed by atoms with van der Waals surface area (Å²) in [6.45, 7) is 7.99. The first-order chi connectivity index (χ1) is 9.40. The van der Waals surface area contributed by atoms with Gasteiger partial charge in [0.15, 0.2) is 0 Å². The molecule has 1 aliphatic rings. The molecule has 0 bridgehead atoms. The zero-order valence-electron chi connectivity index (χ0n) is 13.3. The number of unbranched alkanes of at least 4 members (excludes halogenated alkanes) is 3. The number of carboxylic acids is 1. The van der Waals surface area contributed by atoms with Gasteiger partial charge < -0.3 is 10.0 Å². The first-order valence-electron chi connectivity index (χ1n) is 7.94. The molecule has 1 heterocycles. The molecular formula is C16H29NO3. The van der Waals surface area contributed by atoms with Crippen molar-refractivity contribution in [3.8, 4) is 0 Å². The van der Waals surface area contributed by atoms with E-state index in [0.717, 1.165) is 12.8 Å². The molecule has 0 radical (unpaired) electrons. The van der Waals surface area contributed by atoms with Crippen LogP contribution in [0.3, 0.4) is 0 Å². The zero-order chi connectivity index (χ0) is 15.3. The number of aliphatic carboxylic acids is 1. The van der Waals surface area contributed by atoms with Crippen molar-refractivity contribution in [2.75, 3.05) is 0 Å². The van der Waals surface area contributed by atoms with Gasteiger partial charge in [-0.05, 0) is 26.2 Å². The minimum atomic E-state index is -0.777. The van der Waals surface area contributed by atoms with Crippen molar-refractivity contribution in [1.82, 2.24) is 4.90 Å². The van der Waals surface area contributed by atoms with Crippen LogP contribution in [-0.4, -0.2) is 34.0 Å². The minimum Gasteiger partial charge on any atom is -0.481 e. The fourth-order valence-corrected chi connectivity index (χ4v) is 3.49. The van der Waals surface area contributed by atoms with Gasteiger partial charge in [0.05, 0.1) is 5.92 Å². The van der Waals surface area contributed by atoms with Gasteiger partial charge in [-0.2, -0.15) is 0 Å². The molecule has 1 aliphatic heterocycles. The fraction of sp³-hybridized carbons (Fsp3) is 0.875. The highest BCUT2D eigenvalue weighted by Gasteiger charge is 2.43. The van der Waals surface area contributed by atoms with Gasteiger partial charge in [-0.3, -0.25) is 9.59 Å². The Balaban J connectivity index is 2.66. The molecule has 0 aromatic carbocycles. The summed E-state index contributed by atoms with van der Waals surface area (Å²) in [6, 6.07) is -0.0615. The molecule has 1 saturated heterocycles. The van der Waals surface area contributed by atoms with Crippen LogP contribution in [0.15, 0.2) is 0 Å². The first kappa shape index (κ1) is 17.0. The standard InChI is InChI=1S/C16H29NO3/c1-5-6-7-8-9-12(3)17-13(4)15(16(19)20)11(2)10-14(17)18/h11-13,15H,5-10H2,1-4H3,(H,19,20). The Bertz CT molecular complexity index is 343. The number of carbonyl (C=O) groups excluding carboxylic acids is 1. The largest absolute Gasteiger partial charge is 0.481 e. The highest BCUT2D eigenvalue weighted by atomic mass is 16.4. The number of rotatable bonds is 7. The number of hydrogen-bond acceptors (Lipinski definition) is 2. The Morgan fingerprint density at radius 2 is 2.00 bits per heavy atom. The molecule has 1 amide bonds. The van der Waals surface area contributed by atoms with Crippen LogP contribution in [0.2, 0.25) is 0 Å². The van der Waals surface area contributed by atoms with Crippen molar-refractivity contribution in [1.29, 1.82) is 0 Å². The molecule has 0 aromatic heterocycles. The summed E-state index contributed by atoms with van der Waals surface area (Å²) in [5.74, 6) is -1.17. The fourth-order valence-electron chi connectivity index (χ4n) is 3.49. The van der Waals surface area contributed by atoms with Gasteiger partial charge in [-0.25, -0.2) is 0 Å². The van der Waals surface area contributed by atoms with Crippen LogP contribution in [0, 0.1) is 11.8 Å². The Hall–Kier alpha value is -1.06.